The highest BCUT2D eigenvalue weighted by atomic mass is 35.5. The van der Waals surface area contributed by atoms with Gasteiger partial charge in [0.1, 0.15) is 10.5 Å². The van der Waals surface area contributed by atoms with Crippen molar-refractivity contribution in [2.24, 2.45) is 0 Å². The molecule has 1 aliphatic heterocycles. The van der Waals surface area contributed by atoms with E-state index in [-0.39, 0.29) is 0 Å². The molecule has 0 aliphatic carbocycles. The van der Waals surface area contributed by atoms with Crippen LogP contribution in [0.15, 0.2) is 24.3 Å². The second-order valence-electron chi connectivity index (χ2n) is 6.44. The molecule has 6 nitrogen and oxygen atoms in total. The van der Waals surface area contributed by atoms with Crippen LogP contribution in [-0.2, 0) is 0 Å². The summed E-state index contributed by atoms with van der Waals surface area (Å²) in [6.07, 6.45) is 3.97. The number of nitrogens with zero attached hydrogens (tertiary/aromatic N) is 4. The fourth-order valence-electron chi connectivity index (χ4n) is 3.18. The first-order valence-electron chi connectivity index (χ1n) is 8.85. The molecule has 1 aliphatic rings. The molecule has 136 valence electrons. The smallest absolute Gasteiger partial charge is 0.185 e. The number of halogens is 1. The van der Waals surface area contributed by atoms with Crippen LogP contribution in [0.4, 0.5) is 10.9 Å². The largest absolute Gasteiger partial charge is 0.382 e. The van der Waals surface area contributed by atoms with Crippen LogP contribution < -0.4 is 11.1 Å². The van der Waals surface area contributed by atoms with Crippen molar-refractivity contribution in [1.82, 2.24) is 19.9 Å². The Morgan fingerprint density at radius 3 is 2.81 bits per heavy atom. The summed E-state index contributed by atoms with van der Waals surface area (Å²) in [6.45, 7) is 4.30. The first-order valence-corrected chi connectivity index (χ1v) is 10.0. The maximum Gasteiger partial charge on any atom is 0.185 e. The van der Waals surface area contributed by atoms with Crippen molar-refractivity contribution in [3.63, 3.8) is 0 Å². The number of likely N-dealkylation sites (tertiary alicyclic amines) is 1. The Hall–Kier alpha value is -1.96. The van der Waals surface area contributed by atoms with Gasteiger partial charge in [-0.3, -0.25) is 0 Å². The number of anilines is 2. The van der Waals surface area contributed by atoms with Crippen molar-refractivity contribution in [3.05, 3.63) is 29.3 Å². The Morgan fingerprint density at radius 1 is 1.15 bits per heavy atom. The Balaban J connectivity index is 1.50. The molecular weight excluding hydrogens is 368 g/mol. The second kappa shape index (κ2) is 7.73. The number of hydrogen-bond donors (Lipinski definition) is 2. The number of rotatable bonds is 5. The van der Waals surface area contributed by atoms with E-state index in [1.165, 1.54) is 43.7 Å². The third-order valence-electron chi connectivity index (χ3n) is 4.52. The van der Waals surface area contributed by atoms with E-state index in [2.05, 4.69) is 25.2 Å². The molecule has 0 saturated carbocycles. The van der Waals surface area contributed by atoms with Gasteiger partial charge in [0.15, 0.2) is 16.6 Å². The molecular formula is C18H21ClN6S. The lowest BCUT2D eigenvalue weighted by Gasteiger charge is -2.26. The van der Waals surface area contributed by atoms with Gasteiger partial charge in [-0.1, -0.05) is 41.5 Å². The molecule has 1 fully saturated rings. The highest BCUT2D eigenvalue weighted by Crippen LogP contribution is 2.31. The molecule has 3 aromatic rings. The Bertz CT molecular complexity index is 906. The molecule has 26 heavy (non-hydrogen) atoms. The summed E-state index contributed by atoms with van der Waals surface area (Å²) in [7, 11) is 0. The van der Waals surface area contributed by atoms with Crippen LogP contribution in [0.25, 0.3) is 21.7 Å². The summed E-state index contributed by atoms with van der Waals surface area (Å²) < 4.78 is 0.816. The van der Waals surface area contributed by atoms with Gasteiger partial charge in [0, 0.05) is 23.7 Å². The van der Waals surface area contributed by atoms with E-state index in [1.807, 2.05) is 24.3 Å². The molecule has 0 atom stereocenters. The Labute approximate surface area is 161 Å². The van der Waals surface area contributed by atoms with E-state index in [4.69, 9.17) is 17.3 Å². The third-order valence-corrected chi connectivity index (χ3v) is 5.78. The van der Waals surface area contributed by atoms with Gasteiger partial charge in [-0.2, -0.15) is 4.98 Å². The van der Waals surface area contributed by atoms with Crippen LogP contribution in [0.5, 0.6) is 0 Å². The molecule has 3 heterocycles. The average Bonchev–Trinajstić information content (AvgIpc) is 3.06. The average molecular weight is 389 g/mol. The minimum Gasteiger partial charge on any atom is -0.382 e. The summed E-state index contributed by atoms with van der Waals surface area (Å²) in [4.78, 5) is 16.1. The van der Waals surface area contributed by atoms with Crippen LogP contribution in [0, 0.1) is 0 Å². The number of nitrogens with two attached hydrogens (primary N) is 1. The first-order chi connectivity index (χ1) is 12.7. The zero-order chi connectivity index (χ0) is 17.9. The first kappa shape index (κ1) is 17.5. The maximum absolute atomic E-state index is 6.14. The van der Waals surface area contributed by atoms with E-state index in [0.717, 1.165) is 28.5 Å². The normalized spacial score (nSPS) is 15.4. The van der Waals surface area contributed by atoms with Gasteiger partial charge in [0.05, 0.1) is 0 Å². The molecule has 0 unspecified atom stereocenters. The van der Waals surface area contributed by atoms with Crippen molar-refractivity contribution in [1.29, 1.82) is 0 Å². The zero-order valence-electron chi connectivity index (χ0n) is 14.4. The van der Waals surface area contributed by atoms with E-state index >= 15 is 0 Å². The molecule has 3 N–H and O–H groups in total. The van der Waals surface area contributed by atoms with Crippen molar-refractivity contribution >= 4 is 44.2 Å². The van der Waals surface area contributed by atoms with Crippen molar-refractivity contribution in [2.45, 2.75) is 19.3 Å². The topological polar surface area (TPSA) is 80.0 Å². The summed E-state index contributed by atoms with van der Waals surface area (Å²) >= 11 is 7.56. The molecule has 0 bridgehead atoms. The molecule has 0 amide bonds. The summed E-state index contributed by atoms with van der Waals surface area (Å²) in [6, 6.07) is 7.43. The van der Waals surface area contributed by atoms with Gasteiger partial charge in [0.25, 0.3) is 0 Å². The third kappa shape index (κ3) is 3.90. The molecule has 2 aromatic heterocycles. The summed E-state index contributed by atoms with van der Waals surface area (Å²) in [5.41, 5.74) is 7.60. The highest BCUT2D eigenvalue weighted by Gasteiger charge is 2.14. The number of benzene rings is 1. The van der Waals surface area contributed by atoms with E-state index in [9.17, 15) is 0 Å². The van der Waals surface area contributed by atoms with E-state index in [1.54, 1.807) is 0 Å². The number of thiazole rings is 1. The van der Waals surface area contributed by atoms with Gasteiger partial charge >= 0.3 is 0 Å². The maximum atomic E-state index is 6.14. The number of aromatic nitrogens is 3. The number of piperidine rings is 1. The number of hydrogen-bond acceptors (Lipinski definition) is 7. The highest BCUT2D eigenvalue weighted by molar-refractivity contribution is 7.22. The van der Waals surface area contributed by atoms with Gasteiger partial charge < -0.3 is 16.0 Å². The molecule has 1 aromatic carbocycles. The lowest BCUT2D eigenvalue weighted by Crippen LogP contribution is -2.33. The molecule has 1 saturated heterocycles. The standard InChI is InChI=1S/C18H21ClN6S/c19-13-6-4-5-12(11-13)16-22-15(20)14-17(23-16)24-18(26-14)21-7-10-25-8-2-1-3-9-25/h4-6,11H,1-3,7-10H2,(H3,20,21,22,23,24). The number of nitrogen functional groups attached to an aromatic ring is 1. The molecule has 8 heteroatoms. The lowest BCUT2D eigenvalue weighted by molar-refractivity contribution is 0.237. The van der Waals surface area contributed by atoms with Gasteiger partial charge in [0.2, 0.25) is 0 Å². The number of fused-ring (bicyclic) bond motifs is 1. The fraction of sp³-hybridized carbons (Fsp3) is 0.389. The van der Waals surface area contributed by atoms with Crippen LogP contribution in [0.3, 0.4) is 0 Å². The summed E-state index contributed by atoms with van der Waals surface area (Å²) in [5, 5.41) is 4.87. The minimum absolute atomic E-state index is 0.451. The van der Waals surface area contributed by atoms with Gasteiger partial charge in [-0.15, -0.1) is 0 Å². The predicted octanol–water partition coefficient (Wildman–Crippen LogP) is 3.89. The van der Waals surface area contributed by atoms with Crippen LogP contribution in [-0.4, -0.2) is 46.0 Å². The van der Waals surface area contributed by atoms with E-state index < -0.39 is 0 Å². The predicted molar refractivity (Wildman–Crippen MR) is 109 cm³/mol. The fourth-order valence-corrected chi connectivity index (χ4v) is 4.20. The SMILES string of the molecule is Nc1nc(-c2cccc(Cl)c2)nc2nc(NCCN3CCCCC3)sc12. The van der Waals surface area contributed by atoms with Crippen LogP contribution in [0.1, 0.15) is 19.3 Å². The van der Waals surface area contributed by atoms with E-state index in [0.29, 0.717) is 22.3 Å². The monoisotopic (exact) mass is 388 g/mol. The van der Waals surface area contributed by atoms with Gasteiger partial charge in [-0.25, -0.2) is 9.97 Å². The van der Waals surface area contributed by atoms with Crippen molar-refractivity contribution in [2.75, 3.05) is 37.2 Å². The van der Waals surface area contributed by atoms with Gasteiger partial charge in [-0.05, 0) is 38.1 Å². The van der Waals surface area contributed by atoms with Crippen molar-refractivity contribution in [3.8, 4) is 11.4 Å². The zero-order valence-corrected chi connectivity index (χ0v) is 16.0. The van der Waals surface area contributed by atoms with Crippen molar-refractivity contribution < 1.29 is 0 Å². The molecule has 4 rings (SSSR count). The Kier molecular flexibility index (Phi) is 5.19. The molecule has 0 spiro atoms. The Morgan fingerprint density at radius 2 is 2.00 bits per heavy atom. The van der Waals surface area contributed by atoms with Crippen LogP contribution in [0.2, 0.25) is 5.02 Å². The number of nitrogens with one attached hydrogen (secondary N) is 1. The minimum atomic E-state index is 0.451. The van der Waals surface area contributed by atoms with Crippen LogP contribution >= 0.6 is 22.9 Å². The second-order valence-corrected chi connectivity index (χ2v) is 7.88. The lowest BCUT2D eigenvalue weighted by atomic mass is 10.1. The molecule has 0 radical (unpaired) electrons. The quantitative estimate of drug-likeness (QED) is 0.690. The summed E-state index contributed by atoms with van der Waals surface area (Å²) in [5.74, 6) is 0.995.